The third-order valence-corrected chi connectivity index (χ3v) is 5.04. The molecule has 2 aromatic rings. The van der Waals surface area contributed by atoms with Crippen LogP contribution in [0.2, 0.25) is 10.0 Å². The summed E-state index contributed by atoms with van der Waals surface area (Å²) >= 11 is 12.4. The molecule has 7 nitrogen and oxygen atoms in total. The van der Waals surface area contributed by atoms with Crippen molar-refractivity contribution in [1.82, 2.24) is 0 Å². The molecule has 0 aliphatic carbocycles. The summed E-state index contributed by atoms with van der Waals surface area (Å²) in [6.07, 6.45) is 1.31. The van der Waals surface area contributed by atoms with Gasteiger partial charge < -0.3 is 5.11 Å². The number of nitro benzene ring substituents is 1. The molecule has 0 N–H and O–H groups in total. The Bertz CT molecular complexity index is 993. The van der Waals surface area contributed by atoms with E-state index in [0.717, 1.165) is 17.0 Å². The summed E-state index contributed by atoms with van der Waals surface area (Å²) in [6, 6.07) is 7.75. The molecule has 10 heteroatoms. The molecule has 26 heavy (non-hydrogen) atoms. The molecule has 2 amide bonds. The summed E-state index contributed by atoms with van der Waals surface area (Å²) in [5, 5.41) is 22.2. The lowest BCUT2D eigenvalue weighted by molar-refractivity contribution is -0.398. The number of anilines is 1. The molecule has 0 unspecified atom stereocenters. The molecule has 0 saturated carbocycles. The molecule has 1 aliphatic rings. The summed E-state index contributed by atoms with van der Waals surface area (Å²) in [5.74, 6) is -1.34. The van der Waals surface area contributed by atoms with Crippen molar-refractivity contribution in [2.75, 3.05) is 4.90 Å². The number of thioether (sulfide) groups is 1. The van der Waals surface area contributed by atoms with Crippen molar-refractivity contribution in [3.63, 3.8) is 0 Å². The molecule has 0 atom stereocenters. The normalized spacial score (nSPS) is 15.8. The maximum atomic E-state index is 12.5. The second kappa shape index (κ2) is 6.99. The summed E-state index contributed by atoms with van der Waals surface area (Å²) in [7, 11) is 0. The number of imide groups is 1. The number of hydrogen-bond acceptors (Lipinski definition) is 6. The van der Waals surface area contributed by atoms with Gasteiger partial charge in [-0.3, -0.25) is 19.7 Å². The van der Waals surface area contributed by atoms with Crippen molar-refractivity contribution in [1.29, 1.82) is 0 Å². The van der Waals surface area contributed by atoms with Gasteiger partial charge in [-0.15, -0.1) is 0 Å². The van der Waals surface area contributed by atoms with Gasteiger partial charge in [-0.1, -0.05) is 35.3 Å². The van der Waals surface area contributed by atoms with Crippen molar-refractivity contribution in [3.05, 3.63) is 67.0 Å². The van der Waals surface area contributed by atoms with Gasteiger partial charge in [0.2, 0.25) is 0 Å². The highest BCUT2D eigenvalue weighted by molar-refractivity contribution is 8.19. The lowest BCUT2D eigenvalue weighted by Gasteiger charge is -2.13. The molecule has 0 spiro atoms. The van der Waals surface area contributed by atoms with E-state index in [9.17, 15) is 24.8 Å². The van der Waals surface area contributed by atoms with Crippen LogP contribution in [0.15, 0.2) is 41.3 Å². The number of rotatable bonds is 3. The van der Waals surface area contributed by atoms with Crippen LogP contribution in [0.4, 0.5) is 16.2 Å². The first-order valence-electron chi connectivity index (χ1n) is 6.96. The van der Waals surface area contributed by atoms with Crippen molar-refractivity contribution < 1.29 is 19.6 Å². The van der Waals surface area contributed by atoms with Crippen molar-refractivity contribution in [2.24, 2.45) is 0 Å². The largest absolute Gasteiger partial charge is 0.868 e. The van der Waals surface area contributed by atoms with E-state index in [1.54, 1.807) is 0 Å². The second-order valence-corrected chi connectivity index (χ2v) is 6.91. The van der Waals surface area contributed by atoms with Crippen molar-refractivity contribution >= 4 is 63.6 Å². The Morgan fingerprint density at radius 1 is 1.08 bits per heavy atom. The first-order chi connectivity index (χ1) is 12.3. The third-order valence-electron chi connectivity index (χ3n) is 3.43. The highest BCUT2D eigenvalue weighted by Crippen LogP contribution is 2.38. The van der Waals surface area contributed by atoms with E-state index in [1.807, 2.05) is 0 Å². The molecule has 1 heterocycles. The third kappa shape index (κ3) is 3.39. The maximum Gasteiger partial charge on any atom is 0.298 e. The fourth-order valence-electron chi connectivity index (χ4n) is 2.23. The number of carbonyl (C=O) groups is 2. The Morgan fingerprint density at radius 3 is 2.46 bits per heavy atom. The van der Waals surface area contributed by atoms with Gasteiger partial charge in [0, 0.05) is 6.07 Å². The number of nitro groups is 1. The number of benzene rings is 2. The van der Waals surface area contributed by atoms with Crippen LogP contribution in [0.1, 0.15) is 5.56 Å². The molecule has 2 aromatic carbocycles. The van der Waals surface area contributed by atoms with Crippen LogP contribution in [0.25, 0.3) is 6.08 Å². The first-order valence-corrected chi connectivity index (χ1v) is 8.53. The minimum absolute atomic E-state index is 0.0639. The molecule has 1 saturated heterocycles. The number of amides is 2. The van der Waals surface area contributed by atoms with Crippen LogP contribution >= 0.6 is 35.0 Å². The van der Waals surface area contributed by atoms with Gasteiger partial charge in [-0.2, -0.15) is 0 Å². The topological polar surface area (TPSA) is 104 Å². The molecule has 3 rings (SSSR count). The van der Waals surface area contributed by atoms with Gasteiger partial charge in [0.15, 0.2) is 0 Å². The zero-order chi connectivity index (χ0) is 19.0. The number of nitrogens with zero attached hydrogens (tertiary/aromatic N) is 2. The van der Waals surface area contributed by atoms with Crippen LogP contribution in [0.5, 0.6) is 5.75 Å². The van der Waals surface area contributed by atoms with Gasteiger partial charge in [-0.05, 0) is 47.3 Å². The van der Waals surface area contributed by atoms with Gasteiger partial charge >= 0.3 is 0 Å². The fraction of sp³-hybridized carbons (Fsp3) is 0. The summed E-state index contributed by atoms with van der Waals surface area (Å²) in [4.78, 5) is 35.8. The standard InChI is InChI=1S/C16H8Cl2N2O5S/c17-10-3-2-9(7-11(10)18)19-15(22)14(26-16(19)23)6-8-1-4-13(21)12(5-8)20(24)25/h1-7,21H/p-1/b14-6-. The maximum absolute atomic E-state index is 12.5. The lowest BCUT2D eigenvalue weighted by Crippen LogP contribution is -2.27. The molecular formula is C16H7Cl2N2O5S-. The van der Waals surface area contributed by atoms with E-state index in [2.05, 4.69) is 0 Å². The van der Waals surface area contributed by atoms with Crippen LogP contribution in [-0.2, 0) is 4.79 Å². The summed E-state index contributed by atoms with van der Waals surface area (Å²) in [6.45, 7) is 0. The van der Waals surface area contributed by atoms with Gasteiger partial charge in [-0.25, -0.2) is 4.90 Å². The molecule has 0 aromatic heterocycles. The Balaban J connectivity index is 1.96. The average molecular weight is 410 g/mol. The van der Waals surface area contributed by atoms with E-state index in [-0.39, 0.29) is 26.2 Å². The average Bonchev–Trinajstić information content (AvgIpc) is 2.85. The smallest absolute Gasteiger partial charge is 0.298 e. The number of hydrogen-bond donors (Lipinski definition) is 0. The SMILES string of the molecule is O=C1S/C(=C\c2ccc([O-])c([N+](=O)[O-])c2)C(=O)N1c1ccc(Cl)c(Cl)c1. The molecule has 1 fully saturated rings. The van der Waals surface area contributed by atoms with Crippen LogP contribution in [0, 0.1) is 10.1 Å². The zero-order valence-electron chi connectivity index (χ0n) is 12.6. The van der Waals surface area contributed by atoms with Crippen LogP contribution in [0.3, 0.4) is 0 Å². The van der Waals surface area contributed by atoms with Gasteiger partial charge in [0.1, 0.15) is 0 Å². The Kier molecular flexibility index (Phi) is 4.90. The van der Waals surface area contributed by atoms with Crippen molar-refractivity contribution in [3.8, 4) is 5.75 Å². The van der Waals surface area contributed by atoms with E-state index >= 15 is 0 Å². The quantitative estimate of drug-likeness (QED) is 0.427. The van der Waals surface area contributed by atoms with Crippen LogP contribution in [-0.4, -0.2) is 16.1 Å². The van der Waals surface area contributed by atoms with Gasteiger partial charge in [0.25, 0.3) is 16.8 Å². The van der Waals surface area contributed by atoms with E-state index < -0.39 is 27.5 Å². The minimum Gasteiger partial charge on any atom is -0.868 e. The molecule has 0 bridgehead atoms. The van der Waals surface area contributed by atoms with Gasteiger partial charge in [0.05, 0.1) is 25.6 Å². The first kappa shape index (κ1) is 18.2. The zero-order valence-corrected chi connectivity index (χ0v) is 15.0. The number of halogens is 2. The predicted octanol–water partition coefficient (Wildman–Crippen LogP) is 4.22. The summed E-state index contributed by atoms with van der Waals surface area (Å²) < 4.78 is 0. The predicted molar refractivity (Wildman–Crippen MR) is 97.5 cm³/mol. The molecule has 0 radical (unpaired) electrons. The second-order valence-electron chi connectivity index (χ2n) is 5.10. The molecule has 132 valence electrons. The van der Waals surface area contributed by atoms with E-state index in [0.29, 0.717) is 11.8 Å². The van der Waals surface area contributed by atoms with Crippen molar-refractivity contribution in [2.45, 2.75) is 0 Å². The highest BCUT2D eigenvalue weighted by atomic mass is 35.5. The van der Waals surface area contributed by atoms with Crippen LogP contribution < -0.4 is 10.0 Å². The Morgan fingerprint density at radius 2 is 1.81 bits per heavy atom. The van der Waals surface area contributed by atoms with E-state index in [1.165, 1.54) is 30.3 Å². The lowest BCUT2D eigenvalue weighted by atomic mass is 10.1. The molecular weight excluding hydrogens is 403 g/mol. The fourth-order valence-corrected chi connectivity index (χ4v) is 3.37. The highest BCUT2D eigenvalue weighted by Gasteiger charge is 2.36. The molecule has 1 aliphatic heterocycles. The van der Waals surface area contributed by atoms with E-state index in [4.69, 9.17) is 23.2 Å². The Hall–Kier alpha value is -2.55. The Labute approximate surface area is 161 Å². The minimum atomic E-state index is -0.804. The summed E-state index contributed by atoms with van der Waals surface area (Å²) in [5.41, 5.74) is -0.0930. The number of carbonyl (C=O) groups excluding carboxylic acids is 2. The monoisotopic (exact) mass is 409 g/mol.